The molecule has 0 aromatic rings. The van der Waals surface area contributed by atoms with E-state index in [0.29, 0.717) is 18.9 Å². The number of hydrogen-bond donors (Lipinski definition) is 2. The van der Waals surface area contributed by atoms with Crippen molar-refractivity contribution < 1.29 is 4.79 Å². The van der Waals surface area contributed by atoms with Crippen molar-refractivity contribution in [3.8, 4) is 6.07 Å². The maximum atomic E-state index is 11.7. The van der Waals surface area contributed by atoms with Crippen LogP contribution < -0.4 is 10.6 Å². The summed E-state index contributed by atoms with van der Waals surface area (Å²) in [5.41, 5.74) is -0.706. The van der Waals surface area contributed by atoms with Gasteiger partial charge in [-0.25, -0.2) is 4.79 Å². The van der Waals surface area contributed by atoms with Crippen LogP contribution in [0.4, 0.5) is 4.79 Å². The van der Waals surface area contributed by atoms with E-state index < -0.39 is 5.54 Å². The second kappa shape index (κ2) is 5.74. The Kier molecular flexibility index (Phi) is 4.60. The van der Waals surface area contributed by atoms with Gasteiger partial charge in [0.25, 0.3) is 0 Å². The summed E-state index contributed by atoms with van der Waals surface area (Å²) in [5, 5.41) is 14.8. The largest absolute Gasteiger partial charge is 0.335 e. The molecule has 4 nitrogen and oxygen atoms in total. The van der Waals surface area contributed by atoms with Crippen molar-refractivity contribution in [3.05, 3.63) is 0 Å². The molecule has 1 saturated carbocycles. The van der Waals surface area contributed by atoms with E-state index >= 15 is 0 Å². The van der Waals surface area contributed by atoms with Gasteiger partial charge in [-0.1, -0.05) is 26.7 Å². The molecule has 0 bridgehead atoms. The molecule has 0 saturated heterocycles. The van der Waals surface area contributed by atoms with E-state index in [2.05, 4.69) is 16.7 Å². The molecule has 0 aromatic carbocycles. The molecule has 16 heavy (non-hydrogen) atoms. The van der Waals surface area contributed by atoms with E-state index in [1.54, 1.807) is 0 Å². The molecule has 0 aliphatic heterocycles. The Morgan fingerprint density at radius 3 is 2.38 bits per heavy atom. The first-order valence-electron chi connectivity index (χ1n) is 6.15. The first-order chi connectivity index (χ1) is 7.65. The summed E-state index contributed by atoms with van der Waals surface area (Å²) in [6, 6.07) is 2.30. The molecule has 90 valence electrons. The fourth-order valence-corrected chi connectivity index (χ4v) is 2.12. The quantitative estimate of drug-likeness (QED) is 0.768. The maximum Gasteiger partial charge on any atom is 0.316 e. The molecule has 2 amide bonds. The van der Waals surface area contributed by atoms with Gasteiger partial charge in [0, 0.05) is 6.04 Å². The number of hydrogen-bond acceptors (Lipinski definition) is 2. The number of nitrogens with zero attached hydrogens (tertiary/aromatic N) is 1. The van der Waals surface area contributed by atoms with E-state index in [1.807, 2.05) is 13.8 Å². The highest BCUT2D eigenvalue weighted by Crippen LogP contribution is 2.18. The smallest absolute Gasteiger partial charge is 0.316 e. The van der Waals surface area contributed by atoms with Crippen molar-refractivity contribution in [2.24, 2.45) is 0 Å². The van der Waals surface area contributed by atoms with Crippen LogP contribution in [0.5, 0.6) is 0 Å². The monoisotopic (exact) mass is 223 g/mol. The van der Waals surface area contributed by atoms with Crippen LogP contribution in [0.2, 0.25) is 0 Å². The van der Waals surface area contributed by atoms with Gasteiger partial charge in [0.15, 0.2) is 0 Å². The van der Waals surface area contributed by atoms with Crippen LogP contribution in [0.3, 0.4) is 0 Å². The van der Waals surface area contributed by atoms with Gasteiger partial charge in [-0.05, 0) is 25.7 Å². The van der Waals surface area contributed by atoms with Crippen LogP contribution in [-0.4, -0.2) is 17.6 Å². The molecule has 1 rings (SSSR count). The van der Waals surface area contributed by atoms with Crippen LogP contribution in [-0.2, 0) is 0 Å². The predicted octanol–water partition coefficient (Wildman–Crippen LogP) is 2.31. The lowest BCUT2D eigenvalue weighted by molar-refractivity contribution is 0.226. The van der Waals surface area contributed by atoms with E-state index in [-0.39, 0.29) is 6.03 Å². The van der Waals surface area contributed by atoms with Gasteiger partial charge in [-0.2, -0.15) is 5.26 Å². The minimum absolute atomic E-state index is 0.197. The van der Waals surface area contributed by atoms with E-state index in [0.717, 1.165) is 12.8 Å². The lowest BCUT2D eigenvalue weighted by Crippen LogP contribution is -2.52. The Morgan fingerprint density at radius 2 is 1.94 bits per heavy atom. The minimum atomic E-state index is -0.706. The average Bonchev–Trinajstić information content (AvgIpc) is 2.79. The summed E-state index contributed by atoms with van der Waals surface area (Å²) < 4.78 is 0. The SMILES string of the molecule is CCC(C#N)(CC)NC(=O)NC1CCCC1. The molecule has 0 atom stereocenters. The molecule has 0 aromatic heterocycles. The average molecular weight is 223 g/mol. The molecule has 1 fully saturated rings. The van der Waals surface area contributed by atoms with E-state index in [9.17, 15) is 4.79 Å². The molecule has 0 radical (unpaired) electrons. The van der Waals surface area contributed by atoms with Crippen molar-refractivity contribution in [2.75, 3.05) is 0 Å². The van der Waals surface area contributed by atoms with Gasteiger partial charge in [0.2, 0.25) is 0 Å². The normalized spacial score (nSPS) is 16.8. The molecule has 2 N–H and O–H groups in total. The van der Waals surface area contributed by atoms with E-state index in [4.69, 9.17) is 5.26 Å². The Morgan fingerprint density at radius 1 is 1.38 bits per heavy atom. The van der Waals surface area contributed by atoms with Gasteiger partial charge in [-0.3, -0.25) is 0 Å². The standard InChI is InChI=1S/C12H21N3O/c1-3-12(4-2,9-13)15-11(16)14-10-7-5-6-8-10/h10H,3-8H2,1-2H3,(H2,14,15,16). The number of nitriles is 1. The first kappa shape index (κ1) is 12.8. The lowest BCUT2D eigenvalue weighted by Gasteiger charge is -2.26. The summed E-state index contributed by atoms with van der Waals surface area (Å²) in [5.74, 6) is 0. The van der Waals surface area contributed by atoms with Crippen LogP contribution in [0.15, 0.2) is 0 Å². The fourth-order valence-electron chi connectivity index (χ4n) is 2.12. The summed E-state index contributed by atoms with van der Waals surface area (Å²) in [6.07, 6.45) is 5.78. The highest BCUT2D eigenvalue weighted by atomic mass is 16.2. The van der Waals surface area contributed by atoms with E-state index in [1.165, 1.54) is 12.8 Å². The van der Waals surface area contributed by atoms with Crippen molar-refractivity contribution >= 4 is 6.03 Å². The highest BCUT2D eigenvalue weighted by molar-refractivity contribution is 5.75. The number of urea groups is 1. The Bertz CT molecular complexity index is 272. The molecule has 0 spiro atoms. The van der Waals surface area contributed by atoms with Gasteiger partial charge in [0.1, 0.15) is 5.54 Å². The van der Waals surface area contributed by atoms with Gasteiger partial charge < -0.3 is 10.6 Å². The Labute approximate surface area is 97.4 Å². The second-order valence-electron chi connectivity index (χ2n) is 4.48. The maximum absolute atomic E-state index is 11.7. The number of rotatable bonds is 4. The summed E-state index contributed by atoms with van der Waals surface area (Å²) in [4.78, 5) is 11.7. The zero-order chi connectivity index (χ0) is 12.0. The fraction of sp³-hybridized carbons (Fsp3) is 0.833. The lowest BCUT2D eigenvalue weighted by atomic mass is 9.95. The van der Waals surface area contributed by atoms with Crippen LogP contribution in [0, 0.1) is 11.3 Å². The van der Waals surface area contributed by atoms with Gasteiger partial charge in [0.05, 0.1) is 6.07 Å². The van der Waals surface area contributed by atoms with Crippen molar-refractivity contribution in [1.82, 2.24) is 10.6 Å². The third-order valence-electron chi connectivity index (χ3n) is 3.46. The number of nitrogens with one attached hydrogen (secondary N) is 2. The zero-order valence-corrected chi connectivity index (χ0v) is 10.2. The molecule has 1 aliphatic rings. The minimum Gasteiger partial charge on any atom is -0.335 e. The Hall–Kier alpha value is -1.24. The van der Waals surface area contributed by atoms with Crippen molar-refractivity contribution in [2.45, 2.75) is 64.0 Å². The third kappa shape index (κ3) is 3.13. The van der Waals surface area contributed by atoms with Crippen LogP contribution >= 0.6 is 0 Å². The first-order valence-corrected chi connectivity index (χ1v) is 6.15. The summed E-state index contributed by atoms with van der Waals surface area (Å²) in [6.45, 7) is 3.84. The molecule has 1 aliphatic carbocycles. The number of carbonyl (C=O) groups excluding carboxylic acids is 1. The molecular weight excluding hydrogens is 202 g/mol. The zero-order valence-electron chi connectivity index (χ0n) is 10.2. The second-order valence-corrected chi connectivity index (χ2v) is 4.48. The molecule has 4 heteroatoms. The van der Waals surface area contributed by atoms with Crippen molar-refractivity contribution in [3.63, 3.8) is 0 Å². The van der Waals surface area contributed by atoms with Crippen molar-refractivity contribution in [1.29, 1.82) is 5.26 Å². The summed E-state index contributed by atoms with van der Waals surface area (Å²) >= 11 is 0. The molecular formula is C12H21N3O. The van der Waals surface area contributed by atoms with Crippen LogP contribution in [0.25, 0.3) is 0 Å². The summed E-state index contributed by atoms with van der Waals surface area (Å²) in [7, 11) is 0. The Balaban J connectivity index is 2.45. The number of carbonyl (C=O) groups is 1. The molecule has 0 unspecified atom stereocenters. The topological polar surface area (TPSA) is 64.9 Å². The number of amides is 2. The van der Waals surface area contributed by atoms with Gasteiger partial charge >= 0.3 is 6.03 Å². The predicted molar refractivity (Wildman–Crippen MR) is 62.8 cm³/mol. The highest BCUT2D eigenvalue weighted by Gasteiger charge is 2.28. The third-order valence-corrected chi connectivity index (χ3v) is 3.46. The van der Waals surface area contributed by atoms with Crippen LogP contribution in [0.1, 0.15) is 52.4 Å². The molecule has 0 heterocycles. The van der Waals surface area contributed by atoms with Gasteiger partial charge in [-0.15, -0.1) is 0 Å².